The van der Waals surface area contributed by atoms with Gasteiger partial charge < -0.3 is 0 Å². The number of alkyl halides is 3. The Labute approximate surface area is 102 Å². The molecule has 0 saturated heterocycles. The molecule has 1 aromatic heterocycles. The minimum Gasteiger partial charge on any atom is -0.259 e. The number of nitriles is 1. The van der Waals surface area contributed by atoms with E-state index >= 15 is 0 Å². The maximum absolute atomic E-state index is 12.6. The predicted octanol–water partition coefficient (Wildman–Crippen LogP) is 3.39. The van der Waals surface area contributed by atoms with Crippen molar-refractivity contribution in [1.82, 2.24) is 4.98 Å². The summed E-state index contributed by atoms with van der Waals surface area (Å²) in [7, 11) is 0. The highest BCUT2D eigenvalue weighted by molar-refractivity contribution is 14.1. The van der Waals surface area contributed by atoms with Crippen molar-refractivity contribution in [2.45, 2.75) is 11.8 Å². The van der Waals surface area contributed by atoms with Gasteiger partial charge in [0.05, 0.1) is 16.8 Å². The fourth-order valence-electron chi connectivity index (χ4n) is 0.997. The molecule has 1 rings (SSSR count). The normalized spacial score (nSPS) is 10.3. The summed E-state index contributed by atoms with van der Waals surface area (Å²) in [6, 6.07) is 1.77. The highest BCUT2D eigenvalue weighted by Crippen LogP contribution is 2.29. The average molecular weight is 373 g/mol. The molecule has 0 saturated carbocycles. The maximum Gasteiger partial charge on any atom is 0.266 e. The van der Waals surface area contributed by atoms with Crippen LogP contribution in [0, 0.1) is 14.9 Å². The Morgan fingerprint density at radius 2 is 2.29 bits per heavy atom. The Bertz CT molecular complexity index is 390. The Hall–Kier alpha value is -0.290. The third-order valence-corrected chi connectivity index (χ3v) is 2.96. The molecule has 0 aliphatic carbocycles. The molecule has 6 heteroatoms. The van der Waals surface area contributed by atoms with Crippen LogP contribution in [0.2, 0.25) is 0 Å². The summed E-state index contributed by atoms with van der Waals surface area (Å²) in [5, 5.41) is 8.96. The van der Waals surface area contributed by atoms with Gasteiger partial charge in [-0.15, -0.1) is 0 Å². The van der Waals surface area contributed by atoms with Crippen molar-refractivity contribution >= 4 is 38.5 Å². The van der Waals surface area contributed by atoms with Gasteiger partial charge in [0.1, 0.15) is 6.07 Å². The first-order valence-electron chi connectivity index (χ1n) is 3.53. The van der Waals surface area contributed by atoms with Gasteiger partial charge in [-0.1, -0.05) is 15.9 Å². The van der Waals surface area contributed by atoms with Crippen LogP contribution in [-0.4, -0.2) is 4.98 Å². The molecule has 0 aliphatic rings. The fraction of sp³-hybridized carbons (Fsp3) is 0.250. The minimum absolute atomic E-state index is 0.0186. The first kappa shape index (κ1) is 11.8. The molecule has 1 aromatic rings. The molecule has 1 heterocycles. The van der Waals surface area contributed by atoms with Crippen molar-refractivity contribution in [1.29, 1.82) is 5.26 Å². The highest BCUT2D eigenvalue weighted by Gasteiger charge is 2.20. The van der Waals surface area contributed by atoms with Crippen LogP contribution in [-0.2, 0) is 5.33 Å². The molecule has 2 nitrogen and oxygen atoms in total. The van der Waals surface area contributed by atoms with E-state index < -0.39 is 6.43 Å². The van der Waals surface area contributed by atoms with Gasteiger partial charge in [0, 0.05) is 15.1 Å². The highest BCUT2D eigenvalue weighted by atomic mass is 127. The fourth-order valence-corrected chi connectivity index (χ4v) is 1.99. The van der Waals surface area contributed by atoms with Crippen LogP contribution >= 0.6 is 38.5 Å². The Morgan fingerprint density at radius 3 is 2.71 bits per heavy atom. The molecule has 0 radical (unpaired) electrons. The van der Waals surface area contributed by atoms with Crippen LogP contribution in [0.1, 0.15) is 23.2 Å². The van der Waals surface area contributed by atoms with Crippen molar-refractivity contribution in [3.63, 3.8) is 0 Å². The van der Waals surface area contributed by atoms with Gasteiger partial charge in [0.2, 0.25) is 0 Å². The van der Waals surface area contributed by atoms with Crippen LogP contribution in [0.3, 0.4) is 0 Å². The van der Waals surface area contributed by atoms with Crippen LogP contribution in [0.25, 0.3) is 0 Å². The van der Waals surface area contributed by atoms with Crippen molar-refractivity contribution in [3.8, 4) is 6.07 Å². The van der Waals surface area contributed by atoms with Crippen LogP contribution in [0.4, 0.5) is 8.78 Å². The number of aromatic nitrogens is 1. The molecule has 0 amide bonds. The van der Waals surface area contributed by atoms with E-state index in [-0.39, 0.29) is 22.2 Å². The van der Waals surface area contributed by atoms with Gasteiger partial charge in [-0.3, -0.25) is 4.98 Å². The lowest BCUT2D eigenvalue weighted by Gasteiger charge is -2.08. The maximum atomic E-state index is 12.6. The van der Waals surface area contributed by atoms with Gasteiger partial charge in [-0.05, 0) is 22.6 Å². The molecule has 0 N–H and O–H groups in total. The molecular weight excluding hydrogens is 369 g/mol. The van der Waals surface area contributed by atoms with E-state index in [2.05, 4.69) is 20.9 Å². The number of hydrogen-bond acceptors (Lipinski definition) is 2. The summed E-state index contributed by atoms with van der Waals surface area (Å²) in [4.78, 5) is 3.84. The summed E-state index contributed by atoms with van der Waals surface area (Å²) < 4.78 is 25.7. The van der Waals surface area contributed by atoms with E-state index in [4.69, 9.17) is 5.26 Å². The van der Waals surface area contributed by atoms with E-state index in [0.717, 1.165) is 0 Å². The summed E-state index contributed by atoms with van der Waals surface area (Å²) in [6.07, 6.45) is -1.25. The second kappa shape index (κ2) is 4.98. The number of hydrogen-bond donors (Lipinski definition) is 0. The summed E-state index contributed by atoms with van der Waals surface area (Å²) in [5.74, 6) is 0. The minimum atomic E-state index is -2.67. The number of halogens is 4. The van der Waals surface area contributed by atoms with Crippen molar-refractivity contribution in [3.05, 3.63) is 26.6 Å². The second-order valence-corrected chi connectivity index (χ2v) is 4.11. The summed E-state index contributed by atoms with van der Waals surface area (Å²) in [6.45, 7) is 0. The Kier molecular flexibility index (Phi) is 4.19. The Balaban J connectivity index is 3.46. The van der Waals surface area contributed by atoms with E-state index in [1.54, 1.807) is 6.07 Å². The monoisotopic (exact) mass is 372 g/mol. The van der Waals surface area contributed by atoms with E-state index in [0.29, 0.717) is 3.57 Å². The van der Waals surface area contributed by atoms with Gasteiger partial charge in [-0.25, -0.2) is 8.78 Å². The molecule has 0 aromatic carbocycles. The molecule has 0 fully saturated rings. The smallest absolute Gasteiger partial charge is 0.259 e. The molecular formula is C8H4BrF2IN2. The molecule has 0 spiro atoms. The lowest BCUT2D eigenvalue weighted by atomic mass is 10.1. The second-order valence-electron chi connectivity index (χ2n) is 2.39. The van der Waals surface area contributed by atoms with Gasteiger partial charge in [0.25, 0.3) is 6.43 Å². The average Bonchev–Trinajstić information content (AvgIpc) is 2.17. The van der Waals surface area contributed by atoms with Crippen LogP contribution in [0.15, 0.2) is 6.20 Å². The summed E-state index contributed by atoms with van der Waals surface area (Å²) in [5.41, 5.74) is -0.0294. The van der Waals surface area contributed by atoms with Gasteiger partial charge >= 0.3 is 0 Å². The van der Waals surface area contributed by atoms with Crippen molar-refractivity contribution in [2.24, 2.45) is 0 Å². The number of pyridine rings is 1. The molecule has 74 valence electrons. The Morgan fingerprint density at radius 1 is 1.64 bits per heavy atom. The van der Waals surface area contributed by atoms with Gasteiger partial charge in [-0.2, -0.15) is 5.26 Å². The predicted molar refractivity (Wildman–Crippen MR) is 59.3 cm³/mol. The SMILES string of the molecule is N#Cc1c(I)cnc(CBr)c1C(F)F. The zero-order valence-corrected chi connectivity index (χ0v) is 10.5. The first-order valence-corrected chi connectivity index (χ1v) is 5.73. The molecule has 14 heavy (non-hydrogen) atoms. The topological polar surface area (TPSA) is 36.7 Å². The first-order chi connectivity index (χ1) is 6.61. The standard InChI is InChI=1S/C8H4BrF2IN2/c9-1-6-7(8(10)11)4(2-13)5(12)3-14-6/h3,8H,1H2. The zero-order chi connectivity index (χ0) is 10.7. The largest absolute Gasteiger partial charge is 0.266 e. The molecule has 0 atom stereocenters. The lowest BCUT2D eigenvalue weighted by Crippen LogP contribution is -2.02. The van der Waals surface area contributed by atoms with Crippen LogP contribution < -0.4 is 0 Å². The lowest BCUT2D eigenvalue weighted by molar-refractivity contribution is 0.149. The van der Waals surface area contributed by atoms with Gasteiger partial charge in [0.15, 0.2) is 0 Å². The van der Waals surface area contributed by atoms with E-state index in [1.165, 1.54) is 6.20 Å². The van der Waals surface area contributed by atoms with Crippen molar-refractivity contribution in [2.75, 3.05) is 0 Å². The number of nitrogens with zero attached hydrogens (tertiary/aromatic N) is 2. The molecule has 0 aliphatic heterocycles. The van der Waals surface area contributed by atoms with Crippen LogP contribution in [0.5, 0.6) is 0 Å². The third kappa shape index (κ3) is 2.20. The number of rotatable bonds is 2. The van der Waals surface area contributed by atoms with E-state index in [1.807, 2.05) is 22.6 Å². The zero-order valence-electron chi connectivity index (χ0n) is 6.77. The molecule has 0 bridgehead atoms. The van der Waals surface area contributed by atoms with Crippen molar-refractivity contribution < 1.29 is 8.78 Å². The quantitative estimate of drug-likeness (QED) is 0.589. The third-order valence-electron chi connectivity index (χ3n) is 1.61. The molecule has 0 unspecified atom stereocenters. The summed E-state index contributed by atoms with van der Waals surface area (Å²) >= 11 is 4.88. The van der Waals surface area contributed by atoms with E-state index in [9.17, 15) is 8.78 Å².